The molecule has 0 atom stereocenters. The molecule has 0 saturated heterocycles. The van der Waals surface area contributed by atoms with Crippen LogP contribution in [0.2, 0.25) is 0 Å². The van der Waals surface area contributed by atoms with Gasteiger partial charge in [0.2, 0.25) is 0 Å². The fraction of sp³-hybridized carbons (Fsp3) is 0.0500. The second-order valence-electron chi connectivity index (χ2n) is 5.92. The molecule has 6 nitrogen and oxygen atoms in total. The number of sulfonamides is 1. The van der Waals surface area contributed by atoms with Gasteiger partial charge in [0.15, 0.2) is 5.75 Å². The fourth-order valence-electron chi connectivity index (χ4n) is 2.67. The maximum atomic E-state index is 14.0. The minimum atomic E-state index is -5.40. The average Bonchev–Trinajstić information content (AvgIpc) is 2.69. The topological polar surface area (TPSA) is 83.9 Å². The molecule has 1 N–H and O–H groups in total. The molecular formula is C20H14F3NO5S. The summed E-state index contributed by atoms with van der Waals surface area (Å²) in [6.45, 7) is 0. The molecule has 3 aromatic carbocycles. The summed E-state index contributed by atoms with van der Waals surface area (Å²) in [6.07, 6.45) is -5.40. The van der Waals surface area contributed by atoms with Crippen molar-refractivity contribution in [1.82, 2.24) is 0 Å². The van der Waals surface area contributed by atoms with Gasteiger partial charge >= 0.3 is 12.3 Å². The van der Waals surface area contributed by atoms with Crippen LogP contribution in [0.25, 0.3) is 0 Å². The number of nitrogens with zero attached hydrogens (tertiary/aromatic N) is 1. The Morgan fingerprint density at radius 1 is 0.867 bits per heavy atom. The Kier molecular flexibility index (Phi) is 5.70. The summed E-state index contributed by atoms with van der Waals surface area (Å²) in [7, 11) is -5.13. The van der Waals surface area contributed by atoms with Crippen LogP contribution in [0.4, 0.5) is 18.9 Å². The van der Waals surface area contributed by atoms with E-state index >= 15 is 0 Å². The highest BCUT2D eigenvalue weighted by molar-refractivity contribution is 7.92. The van der Waals surface area contributed by atoms with Crippen LogP contribution in [-0.2, 0) is 10.0 Å². The van der Waals surface area contributed by atoms with Gasteiger partial charge in [0, 0.05) is 0 Å². The van der Waals surface area contributed by atoms with E-state index in [-0.39, 0.29) is 5.75 Å². The van der Waals surface area contributed by atoms with Crippen molar-refractivity contribution >= 4 is 21.7 Å². The molecule has 156 valence electrons. The first-order chi connectivity index (χ1) is 14.1. The lowest BCUT2D eigenvalue weighted by Crippen LogP contribution is -2.43. The molecule has 0 bridgehead atoms. The number of rotatable bonds is 6. The number of anilines is 1. The number of carbonyl (C=O) groups is 1. The average molecular weight is 437 g/mol. The number of para-hydroxylation sites is 2. The van der Waals surface area contributed by atoms with Crippen molar-refractivity contribution in [2.45, 2.75) is 11.2 Å². The van der Waals surface area contributed by atoms with Crippen molar-refractivity contribution in [3.05, 3.63) is 84.4 Å². The number of alkyl halides is 3. The van der Waals surface area contributed by atoms with E-state index in [2.05, 4.69) is 0 Å². The Bertz CT molecular complexity index is 1150. The van der Waals surface area contributed by atoms with Gasteiger partial charge in [0.25, 0.3) is 10.0 Å². The lowest BCUT2D eigenvalue weighted by molar-refractivity contribution is -0.115. The van der Waals surface area contributed by atoms with Crippen LogP contribution in [0, 0.1) is 0 Å². The van der Waals surface area contributed by atoms with Crippen molar-refractivity contribution in [2.75, 3.05) is 4.31 Å². The van der Waals surface area contributed by atoms with E-state index in [1.54, 1.807) is 6.07 Å². The Hall–Kier alpha value is -3.53. The molecule has 0 fully saturated rings. The van der Waals surface area contributed by atoms with Gasteiger partial charge in [-0.15, -0.1) is 13.2 Å². The number of hydrogen-bond acceptors (Lipinski definition) is 4. The van der Waals surface area contributed by atoms with Crippen molar-refractivity contribution in [2.24, 2.45) is 0 Å². The zero-order chi connectivity index (χ0) is 21.9. The smallest absolute Gasteiger partial charge is 0.478 e. The minimum absolute atomic E-state index is 0.0340. The predicted molar refractivity (Wildman–Crippen MR) is 102 cm³/mol. The molecule has 3 rings (SSSR count). The maximum absolute atomic E-state index is 14.0. The van der Waals surface area contributed by atoms with Crippen LogP contribution in [0.1, 0.15) is 10.4 Å². The number of halogens is 3. The van der Waals surface area contributed by atoms with Gasteiger partial charge in [-0.1, -0.05) is 42.5 Å². The highest BCUT2D eigenvalue weighted by atomic mass is 32.2. The first-order valence-electron chi connectivity index (χ1n) is 8.39. The quantitative estimate of drug-likeness (QED) is 0.555. The van der Waals surface area contributed by atoms with Crippen LogP contribution >= 0.6 is 0 Å². The summed E-state index contributed by atoms with van der Waals surface area (Å²) in [5.74, 6) is -2.30. The van der Waals surface area contributed by atoms with Gasteiger partial charge in [0.05, 0.1) is 4.90 Å². The van der Waals surface area contributed by atoms with Gasteiger partial charge in [-0.05, 0) is 36.4 Å². The summed E-state index contributed by atoms with van der Waals surface area (Å²) in [5.41, 5.74) is -1.61. The van der Waals surface area contributed by atoms with E-state index in [0.717, 1.165) is 30.3 Å². The molecule has 0 aliphatic heterocycles. The number of aromatic carboxylic acids is 1. The van der Waals surface area contributed by atoms with Crippen LogP contribution in [0.3, 0.4) is 0 Å². The Balaban J connectivity index is 2.27. The molecular weight excluding hydrogens is 423 g/mol. The SMILES string of the molecule is O=C(O)c1cccc(N(C(F)(F)F)S(=O)(=O)c2ccccc2)c1Oc1ccccc1. The summed E-state index contributed by atoms with van der Waals surface area (Å²) >= 11 is 0. The molecule has 0 heterocycles. The summed E-state index contributed by atoms with van der Waals surface area (Å²) < 4.78 is 72.3. The first-order valence-corrected chi connectivity index (χ1v) is 9.83. The molecule has 0 aliphatic rings. The summed E-state index contributed by atoms with van der Waals surface area (Å²) in [4.78, 5) is 11.0. The van der Waals surface area contributed by atoms with Gasteiger partial charge in [0.1, 0.15) is 17.0 Å². The largest absolute Gasteiger partial charge is 0.498 e. The Labute approximate surface area is 169 Å². The standard InChI is InChI=1S/C20H14F3NO5S/c21-20(22,23)24(30(27,28)15-10-5-2-6-11-15)17-13-7-12-16(19(25)26)18(17)29-14-8-3-1-4-9-14/h1-13H,(H,25,26). The van der Waals surface area contributed by atoms with Crippen molar-refractivity contribution in [3.63, 3.8) is 0 Å². The zero-order valence-electron chi connectivity index (χ0n) is 15.1. The van der Waals surface area contributed by atoms with Gasteiger partial charge < -0.3 is 9.84 Å². The minimum Gasteiger partial charge on any atom is -0.478 e. The molecule has 3 aromatic rings. The van der Waals surface area contributed by atoms with Crippen LogP contribution in [0.5, 0.6) is 11.5 Å². The highest BCUT2D eigenvalue weighted by Crippen LogP contribution is 2.43. The van der Waals surface area contributed by atoms with Crippen LogP contribution < -0.4 is 9.04 Å². The number of hydrogen-bond donors (Lipinski definition) is 1. The lowest BCUT2D eigenvalue weighted by Gasteiger charge is -2.28. The Morgan fingerprint density at radius 2 is 1.43 bits per heavy atom. The van der Waals surface area contributed by atoms with Gasteiger partial charge in [-0.25, -0.2) is 13.2 Å². The van der Waals surface area contributed by atoms with Crippen molar-refractivity contribution in [1.29, 1.82) is 0 Å². The molecule has 30 heavy (non-hydrogen) atoms. The molecule has 0 radical (unpaired) electrons. The number of ether oxygens (including phenoxy) is 1. The van der Waals surface area contributed by atoms with E-state index in [1.807, 2.05) is 0 Å². The number of benzene rings is 3. The lowest BCUT2D eigenvalue weighted by atomic mass is 10.1. The van der Waals surface area contributed by atoms with Gasteiger partial charge in [-0.2, -0.15) is 4.31 Å². The number of carboxylic acid groups (broad SMARTS) is 1. The van der Waals surface area contributed by atoms with Crippen molar-refractivity contribution in [3.8, 4) is 11.5 Å². The third-order valence-corrected chi connectivity index (χ3v) is 5.67. The van der Waals surface area contributed by atoms with E-state index in [0.29, 0.717) is 0 Å². The fourth-order valence-corrected chi connectivity index (χ4v) is 4.05. The van der Waals surface area contributed by atoms with Crippen LogP contribution in [0.15, 0.2) is 83.8 Å². The molecule has 0 aliphatic carbocycles. The number of carboxylic acids is 1. The predicted octanol–water partition coefficient (Wildman–Crippen LogP) is 4.89. The highest BCUT2D eigenvalue weighted by Gasteiger charge is 2.48. The molecule has 0 amide bonds. The second-order valence-corrected chi connectivity index (χ2v) is 7.71. The third kappa shape index (κ3) is 4.23. The Morgan fingerprint density at radius 3 is 1.97 bits per heavy atom. The van der Waals surface area contributed by atoms with Crippen molar-refractivity contribution < 1.29 is 36.2 Å². The van der Waals surface area contributed by atoms with E-state index in [4.69, 9.17) is 4.74 Å². The maximum Gasteiger partial charge on any atom is 0.498 e. The van der Waals surface area contributed by atoms with Gasteiger partial charge in [-0.3, -0.25) is 0 Å². The summed E-state index contributed by atoms with van der Waals surface area (Å²) in [5, 5.41) is 9.44. The van der Waals surface area contributed by atoms with Crippen LogP contribution in [-0.4, -0.2) is 25.8 Å². The molecule has 0 saturated carbocycles. The van der Waals surface area contributed by atoms with E-state index in [1.165, 1.54) is 42.5 Å². The first kappa shape index (κ1) is 21.2. The van der Waals surface area contributed by atoms with E-state index < -0.39 is 48.5 Å². The normalized spacial score (nSPS) is 11.7. The third-order valence-electron chi connectivity index (χ3n) is 3.92. The second kappa shape index (κ2) is 8.07. The van der Waals surface area contributed by atoms with E-state index in [9.17, 15) is 31.5 Å². The molecule has 0 unspecified atom stereocenters. The summed E-state index contributed by atoms with van der Waals surface area (Å²) in [6, 6.07) is 16.3. The monoisotopic (exact) mass is 437 g/mol. The zero-order valence-corrected chi connectivity index (χ0v) is 15.9. The molecule has 0 spiro atoms. The molecule has 10 heteroatoms. The molecule has 0 aromatic heterocycles.